The molecule has 1 saturated heterocycles. The fraction of sp³-hybridized carbons (Fsp3) is 0.391. The molecule has 4 rings (SSSR count). The van der Waals surface area contributed by atoms with Crippen molar-refractivity contribution in [2.75, 3.05) is 13.1 Å². The Morgan fingerprint density at radius 3 is 2.47 bits per heavy atom. The maximum atomic E-state index is 13.2. The number of hydrogen-bond donors (Lipinski definition) is 1. The Hall–Kier alpha value is -2.49. The van der Waals surface area contributed by atoms with E-state index in [1.807, 2.05) is 47.8 Å². The van der Waals surface area contributed by atoms with Gasteiger partial charge in [-0.25, -0.2) is 8.42 Å². The molecule has 3 aromatic rings. The number of thiophene rings is 1. The maximum Gasteiger partial charge on any atom is 0.246 e. The third-order valence-corrected chi connectivity index (χ3v) is 8.88. The third kappa shape index (κ3) is 4.65. The van der Waals surface area contributed by atoms with Gasteiger partial charge in [0.25, 0.3) is 0 Å². The lowest BCUT2D eigenvalue weighted by Gasteiger charge is -2.26. The molecule has 0 spiro atoms. The molecule has 1 amide bonds. The molecule has 3 heterocycles. The van der Waals surface area contributed by atoms with Crippen LogP contribution < -0.4 is 5.32 Å². The first-order valence-electron chi connectivity index (χ1n) is 10.8. The van der Waals surface area contributed by atoms with Gasteiger partial charge in [-0.2, -0.15) is 9.40 Å². The average molecular weight is 473 g/mol. The van der Waals surface area contributed by atoms with Gasteiger partial charge in [-0.1, -0.05) is 42.8 Å². The lowest BCUT2D eigenvalue weighted by Crippen LogP contribution is -2.36. The molecular weight excluding hydrogens is 444 g/mol. The average Bonchev–Trinajstić information content (AvgIpc) is 3.41. The van der Waals surface area contributed by atoms with Crippen molar-refractivity contribution in [1.82, 2.24) is 19.4 Å². The summed E-state index contributed by atoms with van der Waals surface area (Å²) >= 11 is 1.58. The van der Waals surface area contributed by atoms with Crippen LogP contribution >= 0.6 is 11.3 Å². The van der Waals surface area contributed by atoms with E-state index in [0.29, 0.717) is 24.5 Å². The zero-order valence-electron chi connectivity index (χ0n) is 18.3. The van der Waals surface area contributed by atoms with Crippen molar-refractivity contribution in [2.24, 2.45) is 0 Å². The smallest absolute Gasteiger partial charge is 0.246 e. The summed E-state index contributed by atoms with van der Waals surface area (Å²) in [5.74, 6) is -0.222. The number of aromatic nitrogens is 2. The number of piperidine rings is 1. The Morgan fingerprint density at radius 1 is 1.09 bits per heavy atom. The number of nitrogens with zero attached hydrogens (tertiary/aromatic N) is 3. The summed E-state index contributed by atoms with van der Waals surface area (Å²) in [5.41, 5.74) is 1.92. The van der Waals surface area contributed by atoms with Gasteiger partial charge in [-0.05, 0) is 43.7 Å². The molecule has 1 atom stereocenters. The van der Waals surface area contributed by atoms with Crippen LogP contribution in [0.5, 0.6) is 0 Å². The van der Waals surface area contributed by atoms with Crippen LogP contribution in [-0.2, 0) is 21.4 Å². The van der Waals surface area contributed by atoms with Crippen molar-refractivity contribution < 1.29 is 13.2 Å². The van der Waals surface area contributed by atoms with Crippen molar-refractivity contribution in [3.63, 3.8) is 0 Å². The first-order valence-corrected chi connectivity index (χ1v) is 13.1. The minimum absolute atomic E-state index is 0.0447. The van der Waals surface area contributed by atoms with E-state index in [4.69, 9.17) is 0 Å². The van der Waals surface area contributed by atoms with Crippen LogP contribution in [0.4, 0.5) is 0 Å². The molecule has 0 saturated carbocycles. The first kappa shape index (κ1) is 22.7. The highest BCUT2D eigenvalue weighted by molar-refractivity contribution is 7.89. The minimum Gasteiger partial charge on any atom is -0.343 e. The molecule has 0 radical (unpaired) electrons. The molecule has 7 nitrogen and oxygen atoms in total. The minimum atomic E-state index is -3.62. The SMILES string of the molecule is Cc1nn(CC(=O)NC(c2ccccc2)c2cccs2)c(C)c1S(=O)(=O)N1CCCCC1. The zero-order chi connectivity index (χ0) is 22.7. The predicted molar refractivity (Wildman–Crippen MR) is 125 cm³/mol. The van der Waals surface area contributed by atoms with Crippen LogP contribution in [0.2, 0.25) is 0 Å². The summed E-state index contributed by atoms with van der Waals surface area (Å²) < 4.78 is 29.5. The summed E-state index contributed by atoms with van der Waals surface area (Å²) in [7, 11) is -3.62. The Labute approximate surface area is 193 Å². The number of amides is 1. The lowest BCUT2D eigenvalue weighted by atomic mass is 10.1. The summed E-state index contributed by atoms with van der Waals surface area (Å²) in [4.78, 5) is 14.2. The second-order valence-electron chi connectivity index (χ2n) is 8.05. The fourth-order valence-corrected chi connectivity index (χ4v) is 6.90. The highest BCUT2D eigenvalue weighted by Gasteiger charge is 2.32. The second kappa shape index (κ2) is 9.56. The summed E-state index contributed by atoms with van der Waals surface area (Å²) in [6, 6.07) is 13.5. The van der Waals surface area contributed by atoms with E-state index in [2.05, 4.69) is 10.4 Å². The summed E-state index contributed by atoms with van der Waals surface area (Å²) in [6.45, 7) is 4.44. The van der Waals surface area contributed by atoms with Crippen LogP contribution in [0.3, 0.4) is 0 Å². The van der Waals surface area contributed by atoms with Gasteiger partial charge in [-0.3, -0.25) is 9.48 Å². The topological polar surface area (TPSA) is 84.3 Å². The largest absolute Gasteiger partial charge is 0.343 e. The van der Waals surface area contributed by atoms with Gasteiger partial charge >= 0.3 is 0 Å². The van der Waals surface area contributed by atoms with Gasteiger partial charge in [0, 0.05) is 18.0 Å². The van der Waals surface area contributed by atoms with E-state index in [9.17, 15) is 13.2 Å². The second-order valence-corrected chi connectivity index (χ2v) is 10.9. The van der Waals surface area contributed by atoms with Crippen molar-refractivity contribution in [2.45, 2.75) is 50.6 Å². The Balaban J connectivity index is 1.55. The van der Waals surface area contributed by atoms with Gasteiger partial charge < -0.3 is 5.32 Å². The van der Waals surface area contributed by atoms with Crippen molar-refractivity contribution in [1.29, 1.82) is 0 Å². The Morgan fingerprint density at radius 2 is 1.81 bits per heavy atom. The molecule has 0 aliphatic carbocycles. The van der Waals surface area contributed by atoms with Gasteiger partial charge in [0.1, 0.15) is 11.4 Å². The van der Waals surface area contributed by atoms with E-state index < -0.39 is 10.0 Å². The van der Waals surface area contributed by atoms with E-state index >= 15 is 0 Å². The number of sulfonamides is 1. The van der Waals surface area contributed by atoms with Crippen molar-refractivity contribution >= 4 is 27.3 Å². The monoisotopic (exact) mass is 472 g/mol. The zero-order valence-corrected chi connectivity index (χ0v) is 20.0. The molecule has 1 unspecified atom stereocenters. The summed E-state index contributed by atoms with van der Waals surface area (Å²) in [5, 5.41) is 9.48. The van der Waals surface area contributed by atoms with Gasteiger partial charge in [0.2, 0.25) is 15.9 Å². The molecule has 1 aliphatic rings. The molecule has 0 bridgehead atoms. The van der Waals surface area contributed by atoms with Crippen LogP contribution in [-0.4, -0.2) is 41.5 Å². The molecule has 2 aromatic heterocycles. The standard InChI is InChI=1S/C23H28N4O3S2/c1-17-23(32(29,30)26-13-7-4-8-14-26)18(2)27(25-17)16-21(28)24-22(20-12-9-15-31-20)19-10-5-3-6-11-19/h3,5-6,9-12,15,22H,4,7-8,13-14,16H2,1-2H3,(H,24,28). The van der Waals surface area contributed by atoms with Crippen LogP contribution in [0.25, 0.3) is 0 Å². The highest BCUT2D eigenvalue weighted by atomic mass is 32.2. The normalized spacial score (nSPS) is 16.1. The van der Waals surface area contributed by atoms with E-state index in [1.54, 1.807) is 29.5 Å². The fourth-order valence-electron chi connectivity index (χ4n) is 4.20. The highest BCUT2D eigenvalue weighted by Crippen LogP contribution is 2.27. The quantitative estimate of drug-likeness (QED) is 0.569. The lowest BCUT2D eigenvalue weighted by molar-refractivity contribution is -0.122. The molecule has 1 fully saturated rings. The Bertz CT molecular complexity index is 1170. The number of nitrogens with one attached hydrogen (secondary N) is 1. The molecule has 9 heteroatoms. The summed E-state index contributed by atoms with van der Waals surface area (Å²) in [6.07, 6.45) is 2.80. The van der Waals surface area contributed by atoms with Crippen LogP contribution in [0.1, 0.15) is 47.1 Å². The Kier molecular flexibility index (Phi) is 6.78. The van der Waals surface area contributed by atoms with E-state index in [0.717, 1.165) is 29.7 Å². The molecule has 1 N–H and O–H groups in total. The van der Waals surface area contributed by atoms with Gasteiger partial charge in [-0.15, -0.1) is 11.3 Å². The molecule has 1 aromatic carbocycles. The molecule has 170 valence electrons. The third-order valence-electron chi connectivity index (χ3n) is 5.79. The van der Waals surface area contributed by atoms with Crippen molar-refractivity contribution in [3.05, 3.63) is 69.7 Å². The van der Waals surface area contributed by atoms with Gasteiger partial charge in [0.15, 0.2) is 0 Å². The number of carbonyl (C=O) groups excluding carboxylic acids is 1. The number of aryl methyl sites for hydroxylation is 1. The van der Waals surface area contributed by atoms with Crippen LogP contribution in [0.15, 0.2) is 52.7 Å². The van der Waals surface area contributed by atoms with E-state index in [1.165, 1.54) is 4.68 Å². The van der Waals surface area contributed by atoms with Gasteiger partial charge in [0.05, 0.1) is 17.4 Å². The number of rotatable bonds is 7. The molecule has 32 heavy (non-hydrogen) atoms. The number of carbonyl (C=O) groups is 1. The number of hydrogen-bond acceptors (Lipinski definition) is 5. The molecular formula is C23H28N4O3S2. The van der Waals surface area contributed by atoms with Crippen molar-refractivity contribution in [3.8, 4) is 0 Å². The van der Waals surface area contributed by atoms with E-state index in [-0.39, 0.29) is 23.4 Å². The predicted octanol–water partition coefficient (Wildman–Crippen LogP) is 3.64. The first-order chi connectivity index (χ1) is 15.4. The molecule has 1 aliphatic heterocycles. The maximum absolute atomic E-state index is 13.2. The number of benzene rings is 1. The van der Waals surface area contributed by atoms with Crippen LogP contribution in [0, 0.1) is 13.8 Å².